The first-order valence-electron chi connectivity index (χ1n) is 41.9. The van der Waals surface area contributed by atoms with E-state index in [-0.39, 0.29) is 21.7 Å². The number of aromatic nitrogens is 5. The highest BCUT2D eigenvalue weighted by Gasteiger charge is 2.27. The van der Waals surface area contributed by atoms with Gasteiger partial charge in [0.05, 0.1) is 31.1 Å². The normalized spacial score (nSPS) is 12.3. The molecule has 0 saturated carbocycles. The molecule has 0 amide bonds. The van der Waals surface area contributed by atoms with Crippen LogP contribution in [-0.2, 0) is 21.7 Å². The predicted molar refractivity (Wildman–Crippen MR) is 546 cm³/mol. The molecule has 10 aromatic carbocycles. The highest BCUT2D eigenvalue weighted by atomic mass is 31.1. The summed E-state index contributed by atoms with van der Waals surface area (Å²) in [5, 5.41) is 85.9. The first-order chi connectivity index (χ1) is 60.1. The van der Waals surface area contributed by atoms with E-state index >= 15 is 0 Å². The summed E-state index contributed by atoms with van der Waals surface area (Å²) in [6.07, 6.45) is 28.4. The van der Waals surface area contributed by atoms with Crippen molar-refractivity contribution in [1.82, 2.24) is 23.4 Å². The molecule has 0 fully saturated rings. The number of aromatic hydroxyl groups is 5. The number of phenolic OH excluding ortho intramolecular Hbond substituents is 5. The van der Waals surface area contributed by atoms with E-state index in [1.807, 2.05) is 259 Å². The average molecular weight is 1770 g/mol. The third-order valence-electron chi connectivity index (χ3n) is 20.4. The zero-order valence-corrected chi connectivity index (χ0v) is 80.0. The van der Waals surface area contributed by atoms with Gasteiger partial charge in [0.15, 0.2) is 0 Å². The van der Waals surface area contributed by atoms with Crippen molar-refractivity contribution in [3.05, 3.63) is 389 Å². The van der Waals surface area contributed by atoms with E-state index in [1.54, 1.807) is 29.4 Å². The van der Waals surface area contributed by atoms with Crippen LogP contribution < -0.4 is 53.0 Å². The molecule has 0 aliphatic rings. The Morgan fingerprint density at radius 1 is 0.230 bits per heavy atom. The van der Waals surface area contributed by atoms with Crippen LogP contribution in [0.3, 0.4) is 0 Å². The zero-order chi connectivity index (χ0) is 90.3. The maximum atomic E-state index is 11.1. The Hall–Kier alpha value is -11.9. The number of hydrogen-bond acceptors (Lipinski definition) is 10. The fourth-order valence-electron chi connectivity index (χ4n) is 13.3. The molecule has 5 atom stereocenters. The number of benzene rings is 10. The molecule has 0 radical (unpaired) electrons. The van der Waals surface area contributed by atoms with Gasteiger partial charge >= 0.3 is 0 Å². The molecule has 126 heavy (non-hydrogen) atoms. The molecule has 20 heteroatoms. The molecule has 0 aliphatic carbocycles. The van der Waals surface area contributed by atoms with E-state index in [9.17, 15) is 25.5 Å². The first kappa shape index (κ1) is 94.8. The van der Waals surface area contributed by atoms with E-state index < -0.39 is 0 Å². The maximum Gasteiger partial charge on any atom is 0.127 e. The number of nitrogens with zero attached hydrogens (tertiary/aromatic N) is 10. The molecule has 0 saturated heterocycles. The molecule has 5 N–H and O–H groups in total. The number of hydrogen-bond donors (Lipinski definition) is 5. The second kappa shape index (κ2) is 43.8. The summed E-state index contributed by atoms with van der Waals surface area (Å²) in [4.78, 5) is 0. The minimum atomic E-state index is -0.125. The number of phenols is 5. The van der Waals surface area contributed by atoms with Gasteiger partial charge in [0.25, 0.3) is 0 Å². The summed E-state index contributed by atoms with van der Waals surface area (Å²) in [5.74, 6) is 1.97. The number of rotatable bonds is 20. The van der Waals surface area contributed by atoms with Crippen LogP contribution in [0.25, 0.3) is 0 Å². The third-order valence-corrected chi connectivity index (χ3v) is 27.2. The standard InChI is InChI=1S/C25H31N2OP.2C22H25N2OP.C19H19N2OP.C18H17N2OP/c1-24(2,3)19-15-20(25(4,5)6)23(28)22(16-19)29-21-12-8-7-11-18(21)17-26-27-13-9-10-14-27;1-16-13-18(22(2,3)4)14-20(21(16)25)26-19-10-6-5-9-17(19)15-23-24-11-7-8-12-24;1-16-13-18(22(2,3)4)21(25)20(14-16)26-19-10-6-5-9-17(19)15-23-24-11-7-8-12-24;1-14-11-15(2)19(22)18(12-14)23-17-8-4-3-7-16(17)13-20-21-9-5-6-10-21;1-14-8-9-16(21)18(12-14)22-17-7-3-2-6-15(17)13-19-20-10-4-5-11-20/h7-17,28-29H,1-6H3;2*5-15,25-26H,1-4H3;3-13,22-23H,1-2H3;2-13,21-22H,1H3/b26-17+;2*23-15+;20-13+;19-13+. The lowest BCUT2D eigenvalue weighted by molar-refractivity contribution is 0.448. The van der Waals surface area contributed by atoms with Crippen molar-refractivity contribution in [3.8, 4) is 28.7 Å². The fraction of sp³-hybridized carbons (Fsp3) is 0.198. The van der Waals surface area contributed by atoms with Gasteiger partial charge in [-0.05, 0) is 213 Å². The van der Waals surface area contributed by atoms with Crippen molar-refractivity contribution in [2.45, 2.75) is 139 Å². The molecule has 0 spiro atoms. The Morgan fingerprint density at radius 2 is 0.476 bits per heavy atom. The molecule has 5 unspecified atom stereocenters. The Bertz CT molecular complexity index is 6150. The van der Waals surface area contributed by atoms with Gasteiger partial charge in [-0.15, -0.1) is 0 Å². The van der Waals surface area contributed by atoms with Gasteiger partial charge in [-0.1, -0.05) is 283 Å². The van der Waals surface area contributed by atoms with Crippen LogP contribution in [0.15, 0.2) is 336 Å². The van der Waals surface area contributed by atoms with E-state index in [0.717, 1.165) is 82.2 Å². The molecule has 0 aliphatic heterocycles. The van der Waals surface area contributed by atoms with Gasteiger partial charge < -0.3 is 25.5 Å². The second-order valence-corrected chi connectivity index (χ2v) is 41.6. The SMILES string of the molecule is CC(C)(C)c1cc(Pc2ccccc2/C=N/n2cccc2)c(O)c(C(C)(C)C)c1.Cc1cc(C(C)(C)C)cc(Pc2ccccc2/C=N/n2cccc2)c1O.Cc1cc(C)c(O)c(Pc2ccccc2/C=N/n2cccc2)c1.Cc1cc(Pc2ccccc2/C=N/n2cccc2)c(O)c(C(C)(C)C)c1.Cc1ccc(O)c(Pc2ccccc2/C=N/n2cccc2)c1. The topological polar surface area (TPSA) is 188 Å². The highest BCUT2D eigenvalue weighted by Crippen LogP contribution is 2.38. The van der Waals surface area contributed by atoms with Crippen molar-refractivity contribution < 1.29 is 25.5 Å². The molecular weight excluding hydrogens is 1650 g/mol. The van der Waals surface area contributed by atoms with Gasteiger partial charge in [-0.2, -0.15) is 25.5 Å². The summed E-state index contributed by atoms with van der Waals surface area (Å²) >= 11 is 0. The van der Waals surface area contributed by atoms with E-state index in [2.05, 4.69) is 220 Å². The van der Waals surface area contributed by atoms with Crippen LogP contribution in [0.2, 0.25) is 0 Å². The minimum Gasteiger partial charge on any atom is -0.507 e. The van der Waals surface area contributed by atoms with E-state index in [4.69, 9.17) is 0 Å². The lowest BCUT2D eigenvalue weighted by Gasteiger charge is -2.27. The summed E-state index contributed by atoms with van der Waals surface area (Å²) in [5.41, 5.74) is 15.0. The van der Waals surface area contributed by atoms with Crippen molar-refractivity contribution in [3.63, 3.8) is 0 Å². The Morgan fingerprint density at radius 3 is 0.786 bits per heavy atom. The molecule has 5 aromatic heterocycles. The summed E-state index contributed by atoms with van der Waals surface area (Å²) in [6, 6.07) is 83.0. The van der Waals surface area contributed by atoms with Crippen molar-refractivity contribution in [1.29, 1.82) is 0 Å². The zero-order valence-electron chi connectivity index (χ0n) is 75.0. The van der Waals surface area contributed by atoms with Crippen LogP contribution in [-0.4, -0.2) is 80.0 Å². The average Bonchev–Trinajstić information content (AvgIpc) is 0.974. The second-order valence-electron chi connectivity index (χ2n) is 34.9. The molecular formula is C106H117N10O5P5. The molecule has 646 valence electrons. The maximum absolute atomic E-state index is 11.1. The molecule has 15 aromatic rings. The van der Waals surface area contributed by atoms with Gasteiger partial charge in [0.1, 0.15) is 28.7 Å². The van der Waals surface area contributed by atoms with E-state index in [1.165, 1.54) is 48.8 Å². The van der Waals surface area contributed by atoms with Crippen molar-refractivity contribution in [2.75, 3.05) is 0 Å². The first-order valence-corrected chi connectivity index (χ1v) is 46.9. The third kappa shape index (κ3) is 27.6. The van der Waals surface area contributed by atoms with Gasteiger partial charge in [-0.3, -0.25) is 0 Å². The van der Waals surface area contributed by atoms with Crippen LogP contribution in [0.4, 0.5) is 0 Å². The Balaban J connectivity index is 0.000000153. The molecule has 15 rings (SSSR count). The van der Waals surface area contributed by atoms with Gasteiger partial charge in [0.2, 0.25) is 0 Å². The summed E-state index contributed by atoms with van der Waals surface area (Å²) < 4.78 is 8.89. The Labute approximate surface area is 753 Å². The van der Waals surface area contributed by atoms with Crippen molar-refractivity contribution in [2.24, 2.45) is 25.5 Å². The summed E-state index contributed by atoms with van der Waals surface area (Å²) in [6.45, 7) is 36.2. The monoisotopic (exact) mass is 1760 g/mol. The highest BCUT2D eigenvalue weighted by molar-refractivity contribution is 7.57. The quantitative estimate of drug-likeness (QED) is 0.0375. The summed E-state index contributed by atoms with van der Waals surface area (Å²) in [7, 11) is 1.88. The van der Waals surface area contributed by atoms with Gasteiger partial charge in [-0.25, -0.2) is 23.4 Å². The molecule has 0 bridgehead atoms. The van der Waals surface area contributed by atoms with Gasteiger partial charge in [0, 0.05) is 127 Å². The largest absolute Gasteiger partial charge is 0.507 e. The molecule has 5 heterocycles. The predicted octanol–water partition coefficient (Wildman–Crippen LogP) is 20.3. The fourth-order valence-corrected chi connectivity index (χ4v) is 19.8. The Kier molecular flexibility index (Phi) is 33.0. The lowest BCUT2D eigenvalue weighted by Crippen LogP contribution is -2.21. The van der Waals surface area contributed by atoms with Crippen LogP contribution >= 0.6 is 42.9 Å². The van der Waals surface area contributed by atoms with Crippen LogP contribution in [0, 0.1) is 34.6 Å². The van der Waals surface area contributed by atoms with E-state index in [0.29, 0.717) is 71.7 Å². The van der Waals surface area contributed by atoms with Crippen LogP contribution in [0.5, 0.6) is 28.7 Å². The lowest BCUT2D eigenvalue weighted by atomic mass is 9.80. The number of aryl methyl sites for hydroxylation is 5. The minimum absolute atomic E-state index is 0.0162. The van der Waals surface area contributed by atoms with Crippen LogP contribution in [0.1, 0.15) is 161 Å². The smallest absolute Gasteiger partial charge is 0.127 e. The molecule has 15 nitrogen and oxygen atoms in total. The van der Waals surface area contributed by atoms with Crippen molar-refractivity contribution >= 4 is 127 Å².